The van der Waals surface area contributed by atoms with Crippen LogP contribution in [0.25, 0.3) is 0 Å². The molecule has 0 spiro atoms. The van der Waals surface area contributed by atoms with Gasteiger partial charge in [0.2, 0.25) is 10.0 Å². The molecule has 2 N–H and O–H groups in total. The third kappa shape index (κ3) is 5.61. The second kappa shape index (κ2) is 7.76. The molecule has 1 unspecified atom stereocenters. The van der Waals surface area contributed by atoms with Gasteiger partial charge in [-0.3, -0.25) is 0 Å². The first-order chi connectivity index (χ1) is 9.35. The smallest absolute Gasteiger partial charge is 0.240 e. The molecule has 0 heterocycles. The molecule has 1 rings (SSSR count). The van der Waals surface area contributed by atoms with Crippen LogP contribution in [0.4, 0.5) is 0 Å². The van der Waals surface area contributed by atoms with Crippen LogP contribution in [0.1, 0.15) is 45.6 Å². The molecule has 20 heavy (non-hydrogen) atoms. The Kier molecular flexibility index (Phi) is 6.65. The fourth-order valence-electron chi connectivity index (χ4n) is 2.00. The Morgan fingerprint density at radius 3 is 2.20 bits per heavy atom. The number of sulfonamides is 1. The van der Waals surface area contributed by atoms with E-state index in [1.54, 1.807) is 12.1 Å². The van der Waals surface area contributed by atoms with E-state index >= 15 is 0 Å². The van der Waals surface area contributed by atoms with Gasteiger partial charge in [-0.1, -0.05) is 38.8 Å². The summed E-state index contributed by atoms with van der Waals surface area (Å²) in [6.45, 7) is 6.13. The molecular formula is C15H25NO3S. The standard InChI is InChI=1S/C15H25NO3S/c1-12(2)5-4-6-13(3)16-20(18,19)15-9-7-14(11-17)8-10-15/h7-10,12-13,16-17H,4-6,11H2,1-3H3. The van der Waals surface area contributed by atoms with E-state index in [-0.39, 0.29) is 17.5 Å². The van der Waals surface area contributed by atoms with E-state index in [4.69, 9.17) is 5.11 Å². The summed E-state index contributed by atoms with van der Waals surface area (Å²) in [6.07, 6.45) is 2.97. The lowest BCUT2D eigenvalue weighted by molar-refractivity contribution is 0.282. The van der Waals surface area contributed by atoms with Gasteiger partial charge in [-0.25, -0.2) is 13.1 Å². The predicted octanol–water partition coefficient (Wildman–Crippen LogP) is 2.67. The van der Waals surface area contributed by atoms with E-state index < -0.39 is 10.0 Å². The Labute approximate surface area is 122 Å². The summed E-state index contributed by atoms with van der Waals surface area (Å²) in [6, 6.07) is 6.22. The highest BCUT2D eigenvalue weighted by molar-refractivity contribution is 7.89. The van der Waals surface area contributed by atoms with Crippen LogP contribution in [0.5, 0.6) is 0 Å². The number of aliphatic hydroxyl groups excluding tert-OH is 1. The molecule has 0 aliphatic rings. The molecule has 1 atom stereocenters. The van der Waals surface area contributed by atoms with Gasteiger partial charge >= 0.3 is 0 Å². The molecule has 0 saturated carbocycles. The monoisotopic (exact) mass is 299 g/mol. The van der Waals surface area contributed by atoms with E-state index in [9.17, 15) is 8.42 Å². The normalized spacial score (nSPS) is 13.7. The van der Waals surface area contributed by atoms with Crippen LogP contribution in [-0.4, -0.2) is 19.6 Å². The first-order valence-corrected chi connectivity index (χ1v) is 8.55. The topological polar surface area (TPSA) is 66.4 Å². The van der Waals surface area contributed by atoms with Crippen molar-refractivity contribution in [1.29, 1.82) is 0 Å². The summed E-state index contributed by atoms with van der Waals surface area (Å²) in [7, 11) is -3.47. The second-order valence-corrected chi connectivity index (χ2v) is 7.36. The molecule has 0 amide bonds. The lowest BCUT2D eigenvalue weighted by atomic mass is 10.0. The highest BCUT2D eigenvalue weighted by atomic mass is 32.2. The summed E-state index contributed by atoms with van der Waals surface area (Å²) < 4.78 is 27.0. The Morgan fingerprint density at radius 2 is 1.70 bits per heavy atom. The van der Waals surface area contributed by atoms with Crippen LogP contribution < -0.4 is 4.72 Å². The molecule has 4 nitrogen and oxygen atoms in total. The van der Waals surface area contributed by atoms with Gasteiger partial charge in [0, 0.05) is 6.04 Å². The Balaban J connectivity index is 2.59. The zero-order valence-corrected chi connectivity index (χ0v) is 13.3. The van der Waals surface area contributed by atoms with Gasteiger partial charge in [-0.15, -0.1) is 0 Å². The number of aliphatic hydroxyl groups is 1. The Hall–Kier alpha value is -0.910. The van der Waals surface area contributed by atoms with Crippen molar-refractivity contribution in [3.05, 3.63) is 29.8 Å². The van der Waals surface area contributed by atoms with Crippen LogP contribution in [-0.2, 0) is 16.6 Å². The third-order valence-electron chi connectivity index (χ3n) is 3.19. The summed E-state index contributed by atoms with van der Waals surface area (Å²) in [4.78, 5) is 0.241. The van der Waals surface area contributed by atoms with E-state index in [1.165, 1.54) is 12.1 Å². The van der Waals surface area contributed by atoms with Gasteiger partial charge < -0.3 is 5.11 Å². The van der Waals surface area contributed by atoms with Gasteiger partial charge in [0.05, 0.1) is 11.5 Å². The van der Waals surface area contributed by atoms with Gasteiger partial charge in [0.25, 0.3) is 0 Å². The highest BCUT2D eigenvalue weighted by Gasteiger charge is 2.17. The summed E-state index contributed by atoms with van der Waals surface area (Å²) in [5.74, 6) is 0.643. The molecule has 0 radical (unpaired) electrons. The van der Waals surface area contributed by atoms with Gasteiger partial charge in [-0.05, 0) is 37.0 Å². The molecule has 0 aliphatic heterocycles. The minimum absolute atomic E-state index is 0.0729. The predicted molar refractivity (Wildman–Crippen MR) is 80.8 cm³/mol. The maximum Gasteiger partial charge on any atom is 0.240 e. The van der Waals surface area contributed by atoms with E-state index in [1.807, 2.05) is 6.92 Å². The van der Waals surface area contributed by atoms with Crippen molar-refractivity contribution in [1.82, 2.24) is 4.72 Å². The molecule has 0 fully saturated rings. The minimum Gasteiger partial charge on any atom is -0.392 e. The molecule has 0 bridgehead atoms. The Bertz CT molecular complexity index is 494. The van der Waals surface area contributed by atoms with Crippen LogP contribution in [0.2, 0.25) is 0 Å². The summed E-state index contributed by atoms with van der Waals surface area (Å²) in [5, 5.41) is 8.95. The summed E-state index contributed by atoms with van der Waals surface area (Å²) in [5.41, 5.74) is 0.703. The number of rotatable bonds is 8. The lowest BCUT2D eigenvalue weighted by Gasteiger charge is -2.15. The fourth-order valence-corrected chi connectivity index (χ4v) is 3.28. The van der Waals surface area contributed by atoms with Gasteiger partial charge in [0.15, 0.2) is 0 Å². The number of benzene rings is 1. The van der Waals surface area contributed by atoms with Crippen LogP contribution in [0, 0.1) is 5.92 Å². The van der Waals surface area contributed by atoms with E-state index in [0.717, 1.165) is 19.3 Å². The average Bonchev–Trinajstić information content (AvgIpc) is 2.37. The molecule has 1 aromatic carbocycles. The Morgan fingerprint density at radius 1 is 1.10 bits per heavy atom. The summed E-state index contributed by atoms with van der Waals surface area (Å²) >= 11 is 0. The van der Waals surface area contributed by atoms with Crippen LogP contribution >= 0.6 is 0 Å². The third-order valence-corrected chi connectivity index (χ3v) is 4.80. The van der Waals surface area contributed by atoms with Crippen molar-refractivity contribution < 1.29 is 13.5 Å². The van der Waals surface area contributed by atoms with Crippen LogP contribution in [0.15, 0.2) is 29.2 Å². The van der Waals surface area contributed by atoms with Crippen LogP contribution in [0.3, 0.4) is 0 Å². The average molecular weight is 299 g/mol. The van der Waals surface area contributed by atoms with Gasteiger partial charge in [0.1, 0.15) is 0 Å². The lowest BCUT2D eigenvalue weighted by Crippen LogP contribution is -2.32. The van der Waals surface area contributed by atoms with E-state index in [2.05, 4.69) is 18.6 Å². The second-order valence-electron chi connectivity index (χ2n) is 5.65. The zero-order chi connectivity index (χ0) is 15.2. The number of hydrogen-bond donors (Lipinski definition) is 2. The maximum absolute atomic E-state index is 12.2. The fraction of sp³-hybridized carbons (Fsp3) is 0.600. The molecule has 1 aromatic rings. The van der Waals surface area contributed by atoms with Gasteiger partial charge in [-0.2, -0.15) is 0 Å². The van der Waals surface area contributed by atoms with Crippen molar-refractivity contribution >= 4 is 10.0 Å². The molecule has 0 aliphatic carbocycles. The minimum atomic E-state index is -3.47. The highest BCUT2D eigenvalue weighted by Crippen LogP contribution is 2.13. The van der Waals surface area contributed by atoms with Crippen molar-refractivity contribution in [3.8, 4) is 0 Å². The molecule has 114 valence electrons. The zero-order valence-electron chi connectivity index (χ0n) is 12.5. The first kappa shape index (κ1) is 17.1. The van der Waals surface area contributed by atoms with Crippen molar-refractivity contribution in [2.24, 2.45) is 5.92 Å². The van der Waals surface area contributed by atoms with E-state index in [0.29, 0.717) is 11.5 Å². The quantitative estimate of drug-likeness (QED) is 0.775. The molecule has 0 saturated heterocycles. The molecule has 5 heteroatoms. The van der Waals surface area contributed by atoms with Crippen molar-refractivity contribution in [2.75, 3.05) is 0 Å². The number of nitrogens with one attached hydrogen (secondary N) is 1. The number of hydrogen-bond acceptors (Lipinski definition) is 3. The molecular weight excluding hydrogens is 274 g/mol. The maximum atomic E-state index is 12.2. The molecule has 0 aromatic heterocycles. The first-order valence-electron chi connectivity index (χ1n) is 7.07. The van der Waals surface area contributed by atoms with Crippen molar-refractivity contribution in [2.45, 2.75) is 57.6 Å². The van der Waals surface area contributed by atoms with Crippen molar-refractivity contribution in [3.63, 3.8) is 0 Å². The SMILES string of the molecule is CC(C)CCCC(C)NS(=O)(=O)c1ccc(CO)cc1. The largest absolute Gasteiger partial charge is 0.392 e.